The summed E-state index contributed by atoms with van der Waals surface area (Å²) in [4.78, 5) is 22.6. The number of fused-ring (bicyclic) bond motifs is 1. The first-order chi connectivity index (χ1) is 16.7. The summed E-state index contributed by atoms with van der Waals surface area (Å²) in [5.74, 6) is -0.0513. The molecule has 0 bridgehead atoms. The number of anilines is 1. The molecule has 0 N–H and O–H groups in total. The molecule has 188 valence electrons. The second-order valence-corrected chi connectivity index (χ2v) is 13.3. The molecule has 1 amide bonds. The van der Waals surface area contributed by atoms with Gasteiger partial charge in [0.05, 0.1) is 40.0 Å². The minimum absolute atomic E-state index is 0.0513. The maximum Gasteiger partial charge on any atom is 0.233 e. The van der Waals surface area contributed by atoms with Crippen LogP contribution >= 0.6 is 27.3 Å². The van der Waals surface area contributed by atoms with Crippen LogP contribution in [0.5, 0.6) is 0 Å². The fourth-order valence-electron chi connectivity index (χ4n) is 3.95. The minimum atomic E-state index is -3.34. The van der Waals surface area contributed by atoms with Gasteiger partial charge < -0.3 is 4.74 Å². The number of carbonyl (C=O) groups is 1. The molecule has 0 saturated carbocycles. The van der Waals surface area contributed by atoms with Crippen LogP contribution in [0.15, 0.2) is 51.8 Å². The molecule has 1 aromatic heterocycles. The number of hydrogen-bond acceptors (Lipinski definition) is 7. The van der Waals surface area contributed by atoms with E-state index >= 15 is 0 Å². The van der Waals surface area contributed by atoms with E-state index < -0.39 is 15.1 Å². The summed E-state index contributed by atoms with van der Waals surface area (Å²) in [6.07, 6.45) is 1.01. The van der Waals surface area contributed by atoms with Gasteiger partial charge in [0.15, 0.2) is 15.0 Å². The van der Waals surface area contributed by atoms with Crippen LogP contribution in [0.25, 0.3) is 10.2 Å². The van der Waals surface area contributed by atoms with E-state index in [9.17, 15) is 13.2 Å². The van der Waals surface area contributed by atoms with Gasteiger partial charge in [0.2, 0.25) is 5.91 Å². The molecular formula is C25H30BrN3O4S2. The predicted molar refractivity (Wildman–Crippen MR) is 144 cm³/mol. The van der Waals surface area contributed by atoms with E-state index in [0.717, 1.165) is 59.5 Å². The SMILES string of the molecule is CC(C)S(=O)(=O)c1ccc(CC(=O)N(CCCN2CCOCC2)c2nc3ccc(Br)cc3s2)cc1. The lowest BCUT2D eigenvalue weighted by Crippen LogP contribution is -2.39. The molecule has 1 saturated heterocycles. The zero-order valence-electron chi connectivity index (χ0n) is 19.9. The number of carbonyl (C=O) groups excluding carboxylic acids is 1. The third-order valence-electron chi connectivity index (χ3n) is 6.06. The average Bonchev–Trinajstić information content (AvgIpc) is 3.25. The summed E-state index contributed by atoms with van der Waals surface area (Å²) in [5, 5.41) is 0.195. The van der Waals surface area contributed by atoms with E-state index in [2.05, 4.69) is 20.8 Å². The van der Waals surface area contributed by atoms with E-state index in [4.69, 9.17) is 9.72 Å². The molecule has 0 unspecified atom stereocenters. The van der Waals surface area contributed by atoms with Gasteiger partial charge in [-0.25, -0.2) is 13.4 Å². The Morgan fingerprint density at radius 2 is 1.89 bits per heavy atom. The highest BCUT2D eigenvalue weighted by molar-refractivity contribution is 9.10. The average molecular weight is 581 g/mol. The van der Waals surface area contributed by atoms with Gasteiger partial charge in [-0.15, -0.1) is 0 Å². The number of thiazole rings is 1. The first kappa shape index (κ1) is 26.2. The summed E-state index contributed by atoms with van der Waals surface area (Å²) in [7, 11) is -3.34. The Balaban J connectivity index is 1.51. The van der Waals surface area contributed by atoms with Crippen LogP contribution in [0.4, 0.5) is 5.13 Å². The number of nitrogens with zero attached hydrogens (tertiary/aromatic N) is 3. The van der Waals surface area contributed by atoms with Gasteiger partial charge in [0.25, 0.3) is 0 Å². The number of rotatable bonds is 9. The highest BCUT2D eigenvalue weighted by atomic mass is 79.9. The summed E-state index contributed by atoms with van der Waals surface area (Å²) in [6, 6.07) is 12.6. The second kappa shape index (κ2) is 11.5. The lowest BCUT2D eigenvalue weighted by Gasteiger charge is -2.27. The molecule has 0 spiro atoms. The topological polar surface area (TPSA) is 79.8 Å². The van der Waals surface area contributed by atoms with E-state index in [0.29, 0.717) is 11.7 Å². The molecule has 7 nitrogen and oxygen atoms in total. The smallest absolute Gasteiger partial charge is 0.233 e. The molecule has 2 aromatic carbocycles. The highest BCUT2D eigenvalue weighted by Crippen LogP contribution is 2.31. The number of halogens is 1. The van der Waals surface area contributed by atoms with Crippen molar-refractivity contribution in [1.29, 1.82) is 0 Å². The molecule has 1 aliphatic heterocycles. The van der Waals surface area contributed by atoms with Gasteiger partial charge in [0, 0.05) is 30.7 Å². The number of amides is 1. The number of benzene rings is 2. The summed E-state index contributed by atoms with van der Waals surface area (Å²) >= 11 is 5.01. The summed E-state index contributed by atoms with van der Waals surface area (Å²) < 4.78 is 32.3. The molecular weight excluding hydrogens is 550 g/mol. The van der Waals surface area contributed by atoms with Crippen molar-refractivity contribution in [1.82, 2.24) is 9.88 Å². The number of ether oxygens (including phenoxy) is 1. The Labute approximate surface area is 219 Å². The summed E-state index contributed by atoms with van der Waals surface area (Å²) in [5.41, 5.74) is 1.64. The Hall–Kier alpha value is -1.85. The molecule has 35 heavy (non-hydrogen) atoms. The van der Waals surface area contributed by atoms with Gasteiger partial charge >= 0.3 is 0 Å². The van der Waals surface area contributed by atoms with Crippen molar-refractivity contribution in [3.63, 3.8) is 0 Å². The van der Waals surface area contributed by atoms with E-state index in [1.165, 1.54) is 11.3 Å². The molecule has 2 heterocycles. The van der Waals surface area contributed by atoms with Gasteiger partial charge in [-0.05, 0) is 56.2 Å². The number of aromatic nitrogens is 1. The normalized spacial score (nSPS) is 15.1. The lowest BCUT2D eigenvalue weighted by atomic mass is 10.1. The maximum atomic E-state index is 13.5. The van der Waals surface area contributed by atoms with Crippen LogP contribution in [-0.2, 0) is 25.8 Å². The molecule has 10 heteroatoms. The minimum Gasteiger partial charge on any atom is -0.379 e. The van der Waals surface area contributed by atoms with Crippen molar-refractivity contribution in [2.45, 2.75) is 36.8 Å². The number of sulfone groups is 1. The first-order valence-electron chi connectivity index (χ1n) is 11.7. The van der Waals surface area contributed by atoms with Crippen molar-refractivity contribution in [3.05, 3.63) is 52.5 Å². The Kier molecular flexibility index (Phi) is 8.59. The quantitative estimate of drug-likeness (QED) is 0.370. The second-order valence-electron chi connectivity index (χ2n) is 8.88. The highest BCUT2D eigenvalue weighted by Gasteiger charge is 2.22. The van der Waals surface area contributed by atoms with Crippen molar-refractivity contribution < 1.29 is 17.9 Å². The van der Waals surface area contributed by atoms with Gasteiger partial charge in [-0.2, -0.15) is 0 Å². The van der Waals surface area contributed by atoms with E-state index in [1.807, 2.05) is 18.2 Å². The van der Waals surface area contributed by atoms with Crippen molar-refractivity contribution in [2.75, 3.05) is 44.3 Å². The van der Waals surface area contributed by atoms with Crippen molar-refractivity contribution >= 4 is 58.4 Å². The van der Waals surface area contributed by atoms with Crippen molar-refractivity contribution in [2.24, 2.45) is 0 Å². The number of morpholine rings is 1. The third-order valence-corrected chi connectivity index (χ3v) is 9.76. The monoisotopic (exact) mass is 579 g/mol. The van der Waals surface area contributed by atoms with Crippen LogP contribution < -0.4 is 4.90 Å². The fraction of sp³-hybridized carbons (Fsp3) is 0.440. The molecule has 3 aromatic rings. The molecule has 0 radical (unpaired) electrons. The molecule has 0 aliphatic carbocycles. The van der Waals surface area contributed by atoms with Crippen LogP contribution in [0.1, 0.15) is 25.8 Å². The zero-order valence-corrected chi connectivity index (χ0v) is 23.2. The lowest BCUT2D eigenvalue weighted by molar-refractivity contribution is -0.118. The Morgan fingerprint density at radius 1 is 1.17 bits per heavy atom. The van der Waals surface area contributed by atoms with Gasteiger partial charge in [-0.3, -0.25) is 14.6 Å². The Morgan fingerprint density at radius 3 is 2.57 bits per heavy atom. The molecule has 0 atom stereocenters. The van der Waals surface area contributed by atoms with Crippen LogP contribution in [0.2, 0.25) is 0 Å². The summed E-state index contributed by atoms with van der Waals surface area (Å²) in [6.45, 7) is 8.11. The number of hydrogen-bond donors (Lipinski definition) is 0. The molecule has 1 fully saturated rings. The van der Waals surface area contributed by atoms with Crippen LogP contribution in [-0.4, -0.2) is 68.9 Å². The van der Waals surface area contributed by atoms with Crippen molar-refractivity contribution in [3.8, 4) is 0 Å². The zero-order chi connectivity index (χ0) is 25.0. The largest absolute Gasteiger partial charge is 0.379 e. The van der Waals surface area contributed by atoms with E-state index in [1.54, 1.807) is 43.0 Å². The van der Waals surface area contributed by atoms with E-state index in [-0.39, 0.29) is 17.2 Å². The molecule has 4 rings (SSSR count). The molecule has 1 aliphatic rings. The maximum absolute atomic E-state index is 13.5. The third kappa shape index (κ3) is 6.48. The van der Waals surface area contributed by atoms with Gasteiger partial charge in [-0.1, -0.05) is 39.4 Å². The van der Waals surface area contributed by atoms with Crippen LogP contribution in [0.3, 0.4) is 0 Å². The standard InChI is InChI=1S/C25H30BrN3O4S2/c1-18(2)35(31,32)21-7-4-19(5-8-21)16-24(30)29(11-3-10-28-12-14-33-15-13-28)25-27-22-9-6-20(26)17-23(22)34-25/h4-9,17-18H,3,10-16H2,1-2H3. The Bertz CT molecular complexity index is 1270. The van der Waals surface area contributed by atoms with Crippen LogP contribution in [0, 0.1) is 0 Å². The fourth-order valence-corrected chi connectivity index (χ4v) is 6.57. The van der Waals surface area contributed by atoms with Gasteiger partial charge in [0.1, 0.15) is 0 Å². The first-order valence-corrected chi connectivity index (χ1v) is 14.9. The predicted octanol–water partition coefficient (Wildman–Crippen LogP) is 4.54.